The second-order valence-corrected chi connectivity index (χ2v) is 13.7. The molecule has 0 aliphatic carbocycles. The van der Waals surface area contributed by atoms with Crippen LogP contribution in [0, 0.1) is 0 Å². The number of ether oxygens (including phenoxy) is 7. The fourth-order valence-corrected chi connectivity index (χ4v) is 5.74. The topological polar surface area (TPSA) is 176 Å². The normalized spacial score (nSPS) is 11.8. The minimum absolute atomic E-state index is 0.277. The number of carbonyl (C=O) groups excluding carboxylic acids is 1. The Labute approximate surface area is 333 Å². The second-order valence-electron chi connectivity index (χ2n) is 13.7. The van der Waals surface area contributed by atoms with Crippen molar-refractivity contribution in [2.75, 3.05) is 84.0 Å². The Kier molecular flexibility index (Phi) is 15.1. The zero-order valence-electron chi connectivity index (χ0n) is 33.4. The van der Waals surface area contributed by atoms with Crippen LogP contribution < -0.4 is 40.2 Å². The van der Waals surface area contributed by atoms with Crippen LogP contribution in [0.2, 0.25) is 0 Å². The smallest absolute Gasteiger partial charge is 0.254 e. The van der Waals surface area contributed by atoms with E-state index in [9.17, 15) is 9.90 Å². The van der Waals surface area contributed by atoms with Crippen molar-refractivity contribution < 1.29 is 43.1 Å². The summed E-state index contributed by atoms with van der Waals surface area (Å²) in [5.41, 5.74) is 2.71. The van der Waals surface area contributed by atoms with Crippen LogP contribution in [0.15, 0.2) is 79.0 Å². The van der Waals surface area contributed by atoms with Gasteiger partial charge in [0.1, 0.15) is 23.9 Å². The van der Waals surface area contributed by atoms with E-state index in [2.05, 4.69) is 31.2 Å². The molecule has 0 saturated carbocycles. The van der Waals surface area contributed by atoms with Gasteiger partial charge < -0.3 is 59.5 Å². The van der Waals surface area contributed by atoms with E-state index in [0.717, 1.165) is 16.3 Å². The molecule has 15 heteroatoms. The highest BCUT2D eigenvalue weighted by atomic mass is 16.6. The molecular weight excluding hydrogens is 732 g/mol. The van der Waals surface area contributed by atoms with Crippen molar-refractivity contribution in [1.29, 1.82) is 0 Å². The van der Waals surface area contributed by atoms with Crippen LogP contribution >= 0.6 is 0 Å². The standard InChI is InChI=1S/C42H52N6O9/c1-42(2,3)27-22-33(39(49)43-4)38(53-7)35(23-27)47-41(50)46-34-12-13-36(32-11-9-8-10-31(32)34)57-37-14-15-44-40(48-37)45-28-24-29(52-6)26-30(25-28)56-21-20-55-19-18-54-17-16-51-5/h8-15,22-26,41,46-47,50H,16-21H2,1-7H3,(H,43,49)(H,44,45,48). The Hall–Kier alpha value is -5.87. The highest BCUT2D eigenvalue weighted by molar-refractivity contribution is 6.00. The summed E-state index contributed by atoms with van der Waals surface area (Å²) in [4.78, 5) is 21.8. The third-order valence-corrected chi connectivity index (χ3v) is 8.62. The van der Waals surface area contributed by atoms with Gasteiger partial charge in [-0.3, -0.25) is 4.79 Å². The van der Waals surface area contributed by atoms with E-state index in [4.69, 9.17) is 33.2 Å². The van der Waals surface area contributed by atoms with Gasteiger partial charge in [-0.25, -0.2) is 4.98 Å². The van der Waals surface area contributed by atoms with Gasteiger partial charge in [-0.1, -0.05) is 45.0 Å². The number of aromatic nitrogens is 2. The highest BCUT2D eigenvalue weighted by Gasteiger charge is 2.24. The molecule has 0 aliphatic heterocycles. The number of hydrogen-bond acceptors (Lipinski definition) is 14. The maximum Gasteiger partial charge on any atom is 0.254 e. The second kappa shape index (κ2) is 20.3. The lowest BCUT2D eigenvalue weighted by Gasteiger charge is -2.25. The molecule has 57 heavy (non-hydrogen) atoms. The predicted molar refractivity (Wildman–Crippen MR) is 220 cm³/mol. The number of amides is 1. The Morgan fingerprint density at radius 2 is 1.49 bits per heavy atom. The summed E-state index contributed by atoms with van der Waals surface area (Å²) < 4.78 is 39.3. The fraction of sp³-hybridized carbons (Fsp3) is 0.357. The zero-order chi connectivity index (χ0) is 40.8. The molecule has 0 saturated heterocycles. The first-order valence-corrected chi connectivity index (χ1v) is 18.4. The van der Waals surface area contributed by atoms with E-state index in [1.807, 2.05) is 57.2 Å². The molecule has 0 bridgehead atoms. The van der Waals surface area contributed by atoms with Crippen LogP contribution in [0.4, 0.5) is 23.0 Å². The molecule has 1 heterocycles. The molecule has 1 amide bonds. The summed E-state index contributed by atoms with van der Waals surface area (Å²) in [5.74, 6) is 2.32. The van der Waals surface area contributed by atoms with Gasteiger partial charge in [0.2, 0.25) is 18.2 Å². The number of aliphatic hydroxyl groups is 1. The van der Waals surface area contributed by atoms with Crippen molar-refractivity contribution >= 4 is 39.7 Å². The lowest BCUT2D eigenvalue weighted by Crippen LogP contribution is -2.29. The van der Waals surface area contributed by atoms with E-state index in [0.29, 0.717) is 97.1 Å². The summed E-state index contributed by atoms with van der Waals surface area (Å²) in [6, 6.07) is 22.0. The Balaban J connectivity index is 1.27. The number of rotatable bonds is 21. The summed E-state index contributed by atoms with van der Waals surface area (Å²) >= 11 is 0. The molecule has 5 rings (SSSR count). The van der Waals surface area contributed by atoms with Gasteiger partial charge in [-0.05, 0) is 35.2 Å². The minimum atomic E-state index is -1.26. The number of benzene rings is 4. The van der Waals surface area contributed by atoms with Crippen molar-refractivity contribution in [1.82, 2.24) is 15.3 Å². The van der Waals surface area contributed by atoms with Crippen molar-refractivity contribution in [3.05, 3.63) is 90.1 Å². The third-order valence-electron chi connectivity index (χ3n) is 8.62. The van der Waals surface area contributed by atoms with Crippen LogP contribution in [0.1, 0.15) is 36.7 Å². The summed E-state index contributed by atoms with van der Waals surface area (Å²) in [6.07, 6.45) is 0.335. The molecule has 1 aromatic heterocycles. The van der Waals surface area contributed by atoms with Gasteiger partial charge in [0.05, 0.1) is 58.5 Å². The van der Waals surface area contributed by atoms with Crippen LogP contribution in [0.25, 0.3) is 10.8 Å². The van der Waals surface area contributed by atoms with E-state index in [1.54, 1.807) is 63.9 Å². The summed E-state index contributed by atoms with van der Waals surface area (Å²) in [6.45, 7) is 8.88. The Bertz CT molecular complexity index is 2090. The molecule has 0 aliphatic rings. The number of fused-ring (bicyclic) bond motifs is 1. The van der Waals surface area contributed by atoms with Crippen molar-refractivity contribution in [3.8, 4) is 28.9 Å². The fourth-order valence-electron chi connectivity index (χ4n) is 5.74. The number of hydrogen-bond donors (Lipinski definition) is 5. The molecule has 4 aromatic carbocycles. The molecule has 1 unspecified atom stereocenters. The molecule has 0 radical (unpaired) electrons. The lowest BCUT2D eigenvalue weighted by atomic mass is 9.85. The number of nitrogens with one attached hydrogen (secondary N) is 4. The van der Waals surface area contributed by atoms with Crippen molar-refractivity contribution in [2.24, 2.45) is 0 Å². The average molecular weight is 785 g/mol. The number of methoxy groups -OCH3 is 3. The maximum absolute atomic E-state index is 12.8. The van der Waals surface area contributed by atoms with Crippen LogP contribution in [-0.4, -0.2) is 95.4 Å². The van der Waals surface area contributed by atoms with Crippen molar-refractivity contribution in [3.63, 3.8) is 0 Å². The summed E-state index contributed by atoms with van der Waals surface area (Å²) in [5, 5.41) is 24.9. The molecule has 1 atom stereocenters. The molecule has 15 nitrogen and oxygen atoms in total. The van der Waals surface area contributed by atoms with Crippen LogP contribution in [0.3, 0.4) is 0 Å². The monoisotopic (exact) mass is 784 g/mol. The van der Waals surface area contributed by atoms with E-state index in [-0.39, 0.29) is 11.3 Å². The first-order valence-electron chi connectivity index (χ1n) is 18.4. The largest absolute Gasteiger partial charge is 0.497 e. The van der Waals surface area contributed by atoms with Gasteiger partial charge in [-0.15, -0.1) is 0 Å². The van der Waals surface area contributed by atoms with Crippen molar-refractivity contribution in [2.45, 2.75) is 32.5 Å². The zero-order valence-corrected chi connectivity index (χ0v) is 33.4. The van der Waals surface area contributed by atoms with E-state index >= 15 is 0 Å². The van der Waals surface area contributed by atoms with Gasteiger partial charge in [0.25, 0.3) is 5.91 Å². The molecule has 0 spiro atoms. The molecule has 304 valence electrons. The lowest BCUT2D eigenvalue weighted by molar-refractivity contribution is 0.0179. The maximum atomic E-state index is 12.8. The third kappa shape index (κ3) is 11.8. The predicted octanol–water partition coefficient (Wildman–Crippen LogP) is 6.70. The average Bonchev–Trinajstić information content (AvgIpc) is 3.20. The first-order chi connectivity index (χ1) is 27.5. The first kappa shape index (κ1) is 42.3. The number of aliphatic hydroxyl groups excluding tert-OH is 1. The van der Waals surface area contributed by atoms with E-state index in [1.165, 1.54) is 7.11 Å². The van der Waals surface area contributed by atoms with Crippen LogP contribution in [-0.2, 0) is 19.6 Å². The summed E-state index contributed by atoms with van der Waals surface area (Å²) in [7, 11) is 6.26. The quantitative estimate of drug-likeness (QED) is 0.0393. The SMILES string of the molecule is CNC(=O)c1cc(C(C)(C)C)cc(NC(O)Nc2ccc(Oc3ccnc(Nc4cc(OC)cc(OCCOCCOCCOC)c4)n3)c3ccccc23)c1OC. The Morgan fingerprint density at radius 3 is 2.19 bits per heavy atom. The van der Waals surface area contributed by atoms with Crippen LogP contribution in [0.5, 0.6) is 28.9 Å². The molecule has 5 aromatic rings. The molecule has 5 N–H and O–H groups in total. The van der Waals surface area contributed by atoms with Gasteiger partial charge in [0.15, 0.2) is 5.75 Å². The van der Waals surface area contributed by atoms with Gasteiger partial charge in [-0.2, -0.15) is 4.98 Å². The number of anilines is 4. The minimum Gasteiger partial charge on any atom is -0.497 e. The number of carbonyl (C=O) groups is 1. The van der Waals surface area contributed by atoms with E-state index < -0.39 is 6.35 Å². The number of nitrogens with zero attached hydrogens (tertiary/aromatic N) is 2. The van der Waals surface area contributed by atoms with Gasteiger partial charge >= 0.3 is 0 Å². The molecular formula is C42H52N6O9. The Morgan fingerprint density at radius 1 is 0.789 bits per heavy atom. The highest BCUT2D eigenvalue weighted by Crippen LogP contribution is 2.37. The van der Waals surface area contributed by atoms with Gasteiger partial charge in [0, 0.05) is 66.8 Å². The molecule has 0 fully saturated rings.